The molecule has 0 aliphatic rings. The van der Waals surface area contributed by atoms with Crippen molar-refractivity contribution in [2.24, 2.45) is 7.05 Å². The lowest BCUT2D eigenvalue weighted by molar-refractivity contribution is -0.137. The second-order valence-electron chi connectivity index (χ2n) is 8.16. The third-order valence-electron chi connectivity index (χ3n) is 5.81. The molecule has 1 atom stereocenters. The van der Waals surface area contributed by atoms with Gasteiger partial charge in [-0.1, -0.05) is 36.4 Å². The first-order valence-corrected chi connectivity index (χ1v) is 10.7. The van der Waals surface area contributed by atoms with Gasteiger partial charge >= 0.3 is 6.18 Å². The molecule has 0 fully saturated rings. The second kappa shape index (κ2) is 9.72. The van der Waals surface area contributed by atoms with E-state index in [-0.39, 0.29) is 12.2 Å². The fourth-order valence-corrected chi connectivity index (χ4v) is 3.91. The molecule has 0 saturated heterocycles. The molecule has 3 aromatic carbocycles. The molecule has 0 aliphatic heterocycles. The molecule has 0 amide bonds. The predicted octanol–water partition coefficient (Wildman–Crippen LogP) is 6.73. The molecule has 35 heavy (non-hydrogen) atoms. The Morgan fingerprint density at radius 2 is 1.83 bits per heavy atom. The van der Waals surface area contributed by atoms with Crippen LogP contribution in [0.1, 0.15) is 39.6 Å². The van der Waals surface area contributed by atoms with E-state index < -0.39 is 23.7 Å². The van der Waals surface area contributed by atoms with E-state index in [1.165, 1.54) is 0 Å². The van der Waals surface area contributed by atoms with Crippen LogP contribution >= 0.6 is 0 Å². The van der Waals surface area contributed by atoms with Crippen molar-refractivity contribution in [1.29, 1.82) is 5.26 Å². The fourth-order valence-electron chi connectivity index (χ4n) is 3.91. The quantitative estimate of drug-likeness (QED) is 0.288. The topological polar surface area (TPSA) is 50.8 Å². The SMILES string of the molecule is Cc1ccccc1-c1cc(C(OCc2ccc(C(F)(F)F)cc2F)c2cncn2C)ccc1C#N. The highest BCUT2D eigenvalue weighted by atomic mass is 19.4. The van der Waals surface area contributed by atoms with E-state index in [9.17, 15) is 22.8 Å². The van der Waals surface area contributed by atoms with Gasteiger partial charge in [-0.05, 0) is 47.9 Å². The molecule has 0 aliphatic carbocycles. The van der Waals surface area contributed by atoms with Crippen LogP contribution in [0, 0.1) is 24.1 Å². The van der Waals surface area contributed by atoms with Gasteiger partial charge in [-0.2, -0.15) is 18.4 Å². The summed E-state index contributed by atoms with van der Waals surface area (Å²) in [6, 6.07) is 17.6. The zero-order valence-electron chi connectivity index (χ0n) is 19.0. The van der Waals surface area contributed by atoms with E-state index in [0.29, 0.717) is 22.9 Å². The number of aromatic nitrogens is 2. The van der Waals surface area contributed by atoms with Crippen LogP contribution in [0.3, 0.4) is 0 Å². The van der Waals surface area contributed by atoms with Crippen LogP contribution in [0.15, 0.2) is 73.2 Å². The molecule has 1 unspecified atom stereocenters. The van der Waals surface area contributed by atoms with Crippen LogP contribution in [0.25, 0.3) is 11.1 Å². The zero-order chi connectivity index (χ0) is 25.2. The van der Waals surface area contributed by atoms with Crippen LogP contribution in [-0.2, 0) is 24.6 Å². The Kier molecular flexibility index (Phi) is 6.72. The molecule has 0 radical (unpaired) electrons. The van der Waals surface area contributed by atoms with Gasteiger partial charge in [0.25, 0.3) is 0 Å². The molecule has 4 nitrogen and oxygen atoms in total. The van der Waals surface area contributed by atoms with Gasteiger partial charge in [-0.3, -0.25) is 0 Å². The number of hydrogen-bond donors (Lipinski definition) is 0. The summed E-state index contributed by atoms with van der Waals surface area (Å²) in [6.07, 6.45) is -2.14. The Balaban J connectivity index is 1.73. The first-order valence-electron chi connectivity index (χ1n) is 10.7. The Morgan fingerprint density at radius 3 is 2.46 bits per heavy atom. The summed E-state index contributed by atoms with van der Waals surface area (Å²) in [5, 5.41) is 9.67. The predicted molar refractivity (Wildman–Crippen MR) is 123 cm³/mol. The summed E-state index contributed by atoms with van der Waals surface area (Å²) in [7, 11) is 1.78. The second-order valence-corrected chi connectivity index (χ2v) is 8.16. The molecule has 178 valence electrons. The maximum atomic E-state index is 14.5. The lowest BCUT2D eigenvalue weighted by atomic mass is 9.93. The van der Waals surface area contributed by atoms with Gasteiger partial charge in [0, 0.05) is 18.2 Å². The number of rotatable bonds is 6. The van der Waals surface area contributed by atoms with Crippen molar-refractivity contribution in [3.05, 3.63) is 113 Å². The summed E-state index contributed by atoms with van der Waals surface area (Å²) in [4.78, 5) is 4.14. The Morgan fingerprint density at radius 1 is 1.06 bits per heavy atom. The van der Waals surface area contributed by atoms with Gasteiger partial charge in [0.1, 0.15) is 11.9 Å². The van der Waals surface area contributed by atoms with E-state index in [0.717, 1.165) is 28.8 Å². The lowest BCUT2D eigenvalue weighted by Gasteiger charge is -2.21. The summed E-state index contributed by atoms with van der Waals surface area (Å²) >= 11 is 0. The van der Waals surface area contributed by atoms with Crippen LogP contribution in [0.5, 0.6) is 0 Å². The fraction of sp³-hybridized carbons (Fsp3) is 0.185. The highest BCUT2D eigenvalue weighted by Gasteiger charge is 2.31. The van der Waals surface area contributed by atoms with Crippen LogP contribution in [-0.4, -0.2) is 9.55 Å². The van der Waals surface area contributed by atoms with E-state index in [1.807, 2.05) is 37.3 Å². The zero-order valence-corrected chi connectivity index (χ0v) is 19.0. The molecule has 0 saturated carbocycles. The molecule has 0 N–H and O–H groups in total. The molecular weight excluding hydrogens is 458 g/mol. The number of aryl methyl sites for hydroxylation is 2. The van der Waals surface area contributed by atoms with Crippen LogP contribution in [0.4, 0.5) is 17.6 Å². The average molecular weight is 479 g/mol. The normalized spacial score (nSPS) is 12.4. The summed E-state index contributed by atoms with van der Waals surface area (Å²) in [6.45, 7) is 1.69. The first kappa shape index (κ1) is 24.2. The van der Waals surface area contributed by atoms with Crippen molar-refractivity contribution in [3.63, 3.8) is 0 Å². The average Bonchev–Trinajstić information content (AvgIpc) is 3.25. The Bertz CT molecular complexity index is 1400. The molecule has 1 aromatic heterocycles. The Labute approximate surface area is 200 Å². The van der Waals surface area contributed by atoms with Crippen molar-refractivity contribution in [3.8, 4) is 17.2 Å². The molecule has 1 heterocycles. The number of ether oxygens (including phenoxy) is 1. The van der Waals surface area contributed by atoms with Crippen molar-refractivity contribution < 1.29 is 22.3 Å². The standard InChI is InChI=1S/C27H21F4N3O/c1-17-5-3-4-6-22(17)23-11-18(7-8-19(23)13-32)26(25-14-33-16-34(25)2)35-15-20-9-10-21(12-24(20)28)27(29,30)31/h3-12,14,16,26H,15H2,1-2H3. The summed E-state index contributed by atoms with van der Waals surface area (Å²) in [5.41, 5.74) is 3.39. The maximum absolute atomic E-state index is 14.5. The minimum Gasteiger partial charge on any atom is -0.362 e. The molecule has 0 spiro atoms. The van der Waals surface area contributed by atoms with Crippen molar-refractivity contribution in [2.45, 2.75) is 25.8 Å². The van der Waals surface area contributed by atoms with Crippen LogP contribution in [0.2, 0.25) is 0 Å². The number of hydrogen-bond acceptors (Lipinski definition) is 3. The lowest BCUT2D eigenvalue weighted by Crippen LogP contribution is -2.12. The minimum absolute atomic E-state index is 0.00191. The minimum atomic E-state index is -4.63. The van der Waals surface area contributed by atoms with Crippen molar-refractivity contribution in [1.82, 2.24) is 9.55 Å². The van der Waals surface area contributed by atoms with Gasteiger partial charge in [-0.25, -0.2) is 9.37 Å². The number of imidazole rings is 1. The van der Waals surface area contributed by atoms with Crippen molar-refractivity contribution >= 4 is 0 Å². The Hall–Kier alpha value is -3.96. The summed E-state index contributed by atoms with van der Waals surface area (Å²) in [5.74, 6) is -0.996. The number of halogens is 4. The van der Waals surface area contributed by atoms with Crippen molar-refractivity contribution in [2.75, 3.05) is 0 Å². The molecular formula is C27H21F4N3O. The van der Waals surface area contributed by atoms with Gasteiger partial charge in [-0.15, -0.1) is 0 Å². The number of alkyl halides is 3. The largest absolute Gasteiger partial charge is 0.416 e. The third-order valence-corrected chi connectivity index (χ3v) is 5.81. The smallest absolute Gasteiger partial charge is 0.362 e. The number of nitriles is 1. The first-order chi connectivity index (χ1) is 16.7. The van der Waals surface area contributed by atoms with Gasteiger partial charge in [0.15, 0.2) is 0 Å². The summed E-state index contributed by atoms with van der Waals surface area (Å²) < 4.78 is 61.0. The van der Waals surface area contributed by atoms with Gasteiger partial charge < -0.3 is 9.30 Å². The molecule has 0 bridgehead atoms. The third kappa shape index (κ3) is 5.10. The number of nitrogens with zero attached hydrogens (tertiary/aromatic N) is 3. The van der Waals surface area contributed by atoms with Crippen LogP contribution < -0.4 is 0 Å². The number of benzene rings is 3. The van der Waals surface area contributed by atoms with E-state index in [4.69, 9.17) is 4.74 Å². The van der Waals surface area contributed by atoms with Gasteiger partial charge in [0.05, 0.1) is 42.0 Å². The molecule has 8 heteroatoms. The monoisotopic (exact) mass is 479 g/mol. The molecule has 4 rings (SSSR count). The van der Waals surface area contributed by atoms with Gasteiger partial charge in [0.2, 0.25) is 0 Å². The molecule has 4 aromatic rings. The van der Waals surface area contributed by atoms with E-state index in [2.05, 4.69) is 11.1 Å². The van der Waals surface area contributed by atoms with E-state index in [1.54, 1.807) is 36.3 Å². The maximum Gasteiger partial charge on any atom is 0.416 e. The highest BCUT2D eigenvalue weighted by molar-refractivity contribution is 5.74. The van der Waals surface area contributed by atoms with E-state index >= 15 is 0 Å². The highest BCUT2D eigenvalue weighted by Crippen LogP contribution is 2.34.